The number of ether oxygens (including phenoxy) is 1. The van der Waals surface area contributed by atoms with Crippen molar-refractivity contribution in [3.8, 4) is 5.75 Å². The molecule has 1 saturated carbocycles. The Hall–Kier alpha value is -1.55. The van der Waals surface area contributed by atoms with E-state index in [9.17, 15) is 9.90 Å². The number of para-hydroxylation sites is 1. The zero-order valence-corrected chi connectivity index (χ0v) is 10.3. The van der Waals surface area contributed by atoms with Crippen molar-refractivity contribution in [3.05, 3.63) is 30.3 Å². The number of carbonyl (C=O) groups is 1. The summed E-state index contributed by atoms with van der Waals surface area (Å²) in [7, 11) is 0. The number of carbonyl (C=O) groups excluding carboxylic acids is 1. The average molecular weight is 249 g/mol. The number of nitrogens with one attached hydrogen (secondary N) is 1. The Morgan fingerprint density at radius 1 is 1.28 bits per heavy atom. The van der Waals surface area contributed by atoms with Gasteiger partial charge in [0, 0.05) is 0 Å². The highest BCUT2D eigenvalue weighted by atomic mass is 16.5. The van der Waals surface area contributed by atoms with Crippen molar-refractivity contribution in [3.63, 3.8) is 0 Å². The number of rotatable bonds is 4. The lowest BCUT2D eigenvalue weighted by atomic mass is 9.92. The number of hydrogen-bond donors (Lipinski definition) is 2. The third-order valence-electron chi connectivity index (χ3n) is 3.19. The van der Waals surface area contributed by atoms with Crippen LogP contribution >= 0.6 is 0 Å². The van der Waals surface area contributed by atoms with E-state index in [0.717, 1.165) is 25.7 Å². The minimum absolute atomic E-state index is 0.00671. The molecule has 0 bridgehead atoms. The molecule has 2 rings (SSSR count). The van der Waals surface area contributed by atoms with Crippen molar-refractivity contribution in [1.29, 1.82) is 0 Å². The van der Waals surface area contributed by atoms with Gasteiger partial charge in [-0.3, -0.25) is 4.79 Å². The molecule has 0 heterocycles. The van der Waals surface area contributed by atoms with Gasteiger partial charge in [-0.25, -0.2) is 0 Å². The topological polar surface area (TPSA) is 58.6 Å². The van der Waals surface area contributed by atoms with Crippen molar-refractivity contribution in [2.45, 2.75) is 37.8 Å². The van der Waals surface area contributed by atoms with Crippen LogP contribution in [0.15, 0.2) is 30.3 Å². The lowest BCUT2D eigenvalue weighted by Crippen LogP contribution is -2.46. The number of aliphatic hydroxyl groups excluding tert-OH is 1. The summed E-state index contributed by atoms with van der Waals surface area (Å²) in [5, 5.41) is 12.6. The molecule has 1 aromatic carbocycles. The molecule has 0 saturated heterocycles. The largest absolute Gasteiger partial charge is 0.484 e. The molecule has 2 atom stereocenters. The van der Waals surface area contributed by atoms with Crippen LogP contribution in [0, 0.1) is 0 Å². The summed E-state index contributed by atoms with van der Waals surface area (Å²) >= 11 is 0. The lowest BCUT2D eigenvalue weighted by molar-refractivity contribution is -0.125. The van der Waals surface area contributed by atoms with Gasteiger partial charge in [-0.2, -0.15) is 0 Å². The summed E-state index contributed by atoms with van der Waals surface area (Å²) in [5.74, 6) is 0.502. The van der Waals surface area contributed by atoms with Gasteiger partial charge in [-0.05, 0) is 25.0 Å². The highest BCUT2D eigenvalue weighted by Gasteiger charge is 2.24. The van der Waals surface area contributed by atoms with Gasteiger partial charge in [-0.1, -0.05) is 31.0 Å². The van der Waals surface area contributed by atoms with E-state index in [0.29, 0.717) is 5.75 Å². The number of benzene rings is 1. The maximum absolute atomic E-state index is 11.7. The van der Waals surface area contributed by atoms with Crippen LogP contribution in [-0.4, -0.2) is 29.8 Å². The Balaban J connectivity index is 1.75. The molecule has 4 nitrogen and oxygen atoms in total. The van der Waals surface area contributed by atoms with Gasteiger partial charge < -0.3 is 15.2 Å². The molecule has 1 amide bonds. The number of hydrogen-bond acceptors (Lipinski definition) is 3. The molecule has 4 heteroatoms. The Morgan fingerprint density at radius 3 is 2.72 bits per heavy atom. The van der Waals surface area contributed by atoms with Crippen LogP contribution in [0.25, 0.3) is 0 Å². The van der Waals surface area contributed by atoms with E-state index in [1.807, 2.05) is 30.3 Å². The van der Waals surface area contributed by atoms with Crippen molar-refractivity contribution < 1.29 is 14.6 Å². The molecule has 0 unspecified atom stereocenters. The molecule has 0 aliphatic heterocycles. The van der Waals surface area contributed by atoms with E-state index in [-0.39, 0.29) is 18.6 Å². The van der Waals surface area contributed by atoms with E-state index >= 15 is 0 Å². The van der Waals surface area contributed by atoms with Gasteiger partial charge in [0.05, 0.1) is 12.1 Å². The zero-order valence-electron chi connectivity index (χ0n) is 10.3. The fourth-order valence-electron chi connectivity index (χ4n) is 2.19. The van der Waals surface area contributed by atoms with Crippen molar-refractivity contribution in [2.24, 2.45) is 0 Å². The summed E-state index contributed by atoms with van der Waals surface area (Å²) in [6, 6.07) is 9.11. The van der Waals surface area contributed by atoms with Crippen LogP contribution in [-0.2, 0) is 4.79 Å². The fourth-order valence-corrected chi connectivity index (χ4v) is 2.19. The average Bonchev–Trinajstić information content (AvgIpc) is 2.40. The highest BCUT2D eigenvalue weighted by molar-refractivity contribution is 5.77. The second-order valence-corrected chi connectivity index (χ2v) is 4.63. The van der Waals surface area contributed by atoms with E-state index in [4.69, 9.17) is 4.74 Å². The van der Waals surface area contributed by atoms with Crippen molar-refractivity contribution in [1.82, 2.24) is 5.32 Å². The third-order valence-corrected chi connectivity index (χ3v) is 3.19. The summed E-state index contributed by atoms with van der Waals surface area (Å²) in [6.45, 7) is -0.00671. The van der Waals surface area contributed by atoms with E-state index in [2.05, 4.69) is 5.32 Å². The minimum Gasteiger partial charge on any atom is -0.484 e. The maximum atomic E-state index is 11.7. The lowest BCUT2D eigenvalue weighted by Gasteiger charge is -2.28. The summed E-state index contributed by atoms with van der Waals surface area (Å²) in [5.41, 5.74) is 0. The van der Waals surface area contributed by atoms with Gasteiger partial charge in [0.15, 0.2) is 6.61 Å². The predicted molar refractivity (Wildman–Crippen MR) is 68.3 cm³/mol. The zero-order chi connectivity index (χ0) is 12.8. The minimum atomic E-state index is -0.417. The molecule has 98 valence electrons. The van der Waals surface area contributed by atoms with Crippen LogP contribution in [0.3, 0.4) is 0 Å². The van der Waals surface area contributed by atoms with Gasteiger partial charge in [0.2, 0.25) is 0 Å². The smallest absolute Gasteiger partial charge is 0.258 e. The van der Waals surface area contributed by atoms with Gasteiger partial charge >= 0.3 is 0 Å². The normalized spacial score (nSPS) is 23.4. The first-order valence-electron chi connectivity index (χ1n) is 6.41. The second kappa shape index (κ2) is 6.40. The number of aliphatic hydroxyl groups is 1. The Labute approximate surface area is 107 Å². The van der Waals surface area contributed by atoms with Crippen LogP contribution in [0.5, 0.6) is 5.75 Å². The van der Waals surface area contributed by atoms with E-state index in [1.165, 1.54) is 0 Å². The standard InChI is InChI=1S/C14H19NO3/c16-13-9-5-4-8-12(13)15-14(17)10-18-11-6-2-1-3-7-11/h1-3,6-7,12-13,16H,4-5,8-10H2,(H,15,17)/t12-,13+/m1/s1. The molecule has 2 N–H and O–H groups in total. The first-order valence-corrected chi connectivity index (χ1v) is 6.41. The molecule has 1 aromatic rings. The Bertz CT molecular complexity index is 380. The first-order chi connectivity index (χ1) is 8.75. The quantitative estimate of drug-likeness (QED) is 0.850. The second-order valence-electron chi connectivity index (χ2n) is 4.63. The summed E-state index contributed by atoms with van der Waals surface area (Å²) in [4.78, 5) is 11.7. The Morgan fingerprint density at radius 2 is 2.00 bits per heavy atom. The van der Waals surface area contributed by atoms with Gasteiger partial charge in [0.25, 0.3) is 5.91 Å². The molecule has 1 aliphatic carbocycles. The molecule has 1 fully saturated rings. The summed E-state index contributed by atoms with van der Waals surface area (Å²) < 4.78 is 5.35. The van der Waals surface area contributed by atoms with Crippen LogP contribution in [0.4, 0.5) is 0 Å². The molecular weight excluding hydrogens is 230 g/mol. The molecule has 18 heavy (non-hydrogen) atoms. The van der Waals surface area contributed by atoms with E-state index < -0.39 is 6.10 Å². The molecule has 0 aromatic heterocycles. The van der Waals surface area contributed by atoms with Crippen LogP contribution < -0.4 is 10.1 Å². The molecule has 0 spiro atoms. The first kappa shape index (κ1) is 12.9. The predicted octanol–water partition coefficient (Wildman–Crippen LogP) is 1.49. The Kier molecular flexibility index (Phi) is 4.59. The van der Waals surface area contributed by atoms with Gasteiger partial charge in [-0.15, -0.1) is 0 Å². The molecular formula is C14H19NO3. The van der Waals surface area contributed by atoms with Gasteiger partial charge in [0.1, 0.15) is 5.75 Å². The molecule has 0 radical (unpaired) electrons. The summed E-state index contributed by atoms with van der Waals surface area (Å²) in [6.07, 6.45) is 3.29. The third kappa shape index (κ3) is 3.74. The SMILES string of the molecule is O=C(COc1ccccc1)N[C@@H]1CCCC[C@@H]1O. The van der Waals surface area contributed by atoms with E-state index in [1.54, 1.807) is 0 Å². The molecule has 1 aliphatic rings. The highest BCUT2D eigenvalue weighted by Crippen LogP contribution is 2.18. The van der Waals surface area contributed by atoms with Crippen molar-refractivity contribution >= 4 is 5.91 Å². The van der Waals surface area contributed by atoms with Crippen LogP contribution in [0.2, 0.25) is 0 Å². The number of amides is 1. The fraction of sp³-hybridized carbons (Fsp3) is 0.500. The van der Waals surface area contributed by atoms with Crippen molar-refractivity contribution in [2.75, 3.05) is 6.61 Å². The maximum Gasteiger partial charge on any atom is 0.258 e. The monoisotopic (exact) mass is 249 g/mol. The van der Waals surface area contributed by atoms with Crippen LogP contribution in [0.1, 0.15) is 25.7 Å².